The normalized spacial score (nSPS) is 57.2. The van der Waals surface area contributed by atoms with E-state index >= 15 is 0 Å². The molecular formula is C17H28O2. The predicted molar refractivity (Wildman–Crippen MR) is 74.7 cm³/mol. The summed E-state index contributed by atoms with van der Waals surface area (Å²) in [5.74, 6) is 4.30. The Morgan fingerprint density at radius 3 is 2.16 bits per heavy atom. The fourth-order valence-corrected chi connectivity index (χ4v) is 5.42. The van der Waals surface area contributed by atoms with Gasteiger partial charge in [-0.15, -0.1) is 0 Å². The number of epoxide rings is 1. The molecule has 6 unspecified atom stereocenters. The Balaban J connectivity index is 1.43. The summed E-state index contributed by atoms with van der Waals surface area (Å²) in [6.45, 7) is 2.41. The van der Waals surface area contributed by atoms with Gasteiger partial charge in [0.1, 0.15) is 0 Å². The maximum absolute atomic E-state index is 9.87. The minimum atomic E-state index is -0.0434. The quantitative estimate of drug-likeness (QED) is 0.736. The largest absolute Gasteiger partial charge is 0.393 e. The van der Waals surface area contributed by atoms with Crippen molar-refractivity contribution in [1.82, 2.24) is 0 Å². The third-order valence-electron chi connectivity index (χ3n) is 6.67. The number of fused-ring (bicyclic) bond motifs is 3. The van der Waals surface area contributed by atoms with E-state index in [1.165, 1.54) is 38.5 Å². The van der Waals surface area contributed by atoms with Crippen LogP contribution in [0, 0.1) is 29.6 Å². The first-order valence-corrected chi connectivity index (χ1v) is 8.56. The lowest BCUT2D eigenvalue weighted by Crippen LogP contribution is -2.40. The van der Waals surface area contributed by atoms with Gasteiger partial charge >= 0.3 is 0 Å². The topological polar surface area (TPSA) is 32.8 Å². The third kappa shape index (κ3) is 2.25. The lowest BCUT2D eigenvalue weighted by molar-refractivity contribution is 0.0334. The van der Waals surface area contributed by atoms with Crippen molar-refractivity contribution in [3.05, 3.63) is 0 Å². The maximum atomic E-state index is 9.87. The Labute approximate surface area is 116 Å². The van der Waals surface area contributed by atoms with E-state index in [4.69, 9.17) is 4.74 Å². The second kappa shape index (κ2) is 4.73. The van der Waals surface area contributed by atoms with Crippen molar-refractivity contribution in [2.45, 2.75) is 76.6 Å². The van der Waals surface area contributed by atoms with Gasteiger partial charge in [0.2, 0.25) is 0 Å². The van der Waals surface area contributed by atoms with Crippen molar-refractivity contribution in [3.8, 4) is 0 Å². The second-order valence-corrected chi connectivity index (χ2v) is 7.88. The van der Waals surface area contributed by atoms with Gasteiger partial charge in [0.25, 0.3) is 0 Å². The van der Waals surface area contributed by atoms with Crippen LogP contribution in [0.5, 0.6) is 0 Å². The van der Waals surface area contributed by atoms with Crippen molar-refractivity contribution < 1.29 is 9.84 Å². The highest BCUT2D eigenvalue weighted by Crippen LogP contribution is 2.55. The van der Waals surface area contributed by atoms with Crippen LogP contribution < -0.4 is 0 Å². The van der Waals surface area contributed by atoms with Crippen LogP contribution in [0.4, 0.5) is 0 Å². The monoisotopic (exact) mass is 264 g/mol. The van der Waals surface area contributed by atoms with Crippen LogP contribution in [0.15, 0.2) is 0 Å². The van der Waals surface area contributed by atoms with Crippen molar-refractivity contribution in [2.75, 3.05) is 0 Å². The smallest absolute Gasteiger partial charge is 0.0876 e. The third-order valence-corrected chi connectivity index (χ3v) is 6.67. The average Bonchev–Trinajstić information content (AvgIpc) is 3.20. The Hall–Kier alpha value is -0.0800. The molecule has 19 heavy (non-hydrogen) atoms. The molecule has 4 aliphatic rings. The van der Waals surface area contributed by atoms with E-state index in [1.807, 2.05) is 0 Å². The van der Waals surface area contributed by atoms with Gasteiger partial charge in [-0.1, -0.05) is 19.8 Å². The van der Waals surface area contributed by atoms with Crippen LogP contribution in [0.2, 0.25) is 0 Å². The Bertz CT molecular complexity index is 331. The van der Waals surface area contributed by atoms with Gasteiger partial charge in [-0.3, -0.25) is 0 Å². The summed E-state index contributed by atoms with van der Waals surface area (Å²) in [6, 6.07) is 0. The number of aliphatic hydroxyl groups excluding tert-OH is 1. The first-order chi connectivity index (χ1) is 9.22. The van der Waals surface area contributed by atoms with Gasteiger partial charge in [0.15, 0.2) is 0 Å². The molecule has 4 rings (SSSR count). The SMILES string of the molecule is CC1CCC(C2CC3CCC(O)CC3C3OC23)CC1. The first kappa shape index (κ1) is 12.6. The van der Waals surface area contributed by atoms with Gasteiger partial charge in [-0.05, 0) is 68.1 Å². The van der Waals surface area contributed by atoms with Gasteiger partial charge in [-0.25, -0.2) is 0 Å². The molecule has 0 radical (unpaired) electrons. The lowest BCUT2D eigenvalue weighted by Gasteiger charge is -2.42. The predicted octanol–water partition coefficient (Wildman–Crippen LogP) is 3.38. The van der Waals surface area contributed by atoms with Crippen LogP contribution in [-0.2, 0) is 4.74 Å². The van der Waals surface area contributed by atoms with Gasteiger partial charge in [0, 0.05) is 0 Å². The van der Waals surface area contributed by atoms with Crippen molar-refractivity contribution in [3.63, 3.8) is 0 Å². The Morgan fingerprint density at radius 1 is 0.789 bits per heavy atom. The number of hydrogen-bond acceptors (Lipinski definition) is 2. The molecule has 0 amide bonds. The average molecular weight is 264 g/mol. The summed E-state index contributed by atoms with van der Waals surface area (Å²) in [6.07, 6.45) is 11.5. The molecule has 4 fully saturated rings. The zero-order chi connectivity index (χ0) is 13.0. The molecule has 108 valence electrons. The van der Waals surface area contributed by atoms with Crippen LogP contribution in [-0.4, -0.2) is 23.4 Å². The molecule has 0 aromatic carbocycles. The van der Waals surface area contributed by atoms with E-state index in [9.17, 15) is 5.11 Å². The van der Waals surface area contributed by atoms with Crippen LogP contribution in [0.1, 0.15) is 58.3 Å². The molecule has 1 saturated heterocycles. The lowest BCUT2D eigenvalue weighted by atomic mass is 9.62. The molecule has 3 saturated carbocycles. The summed E-state index contributed by atoms with van der Waals surface area (Å²) in [4.78, 5) is 0. The van der Waals surface area contributed by atoms with Crippen LogP contribution in [0.25, 0.3) is 0 Å². The van der Waals surface area contributed by atoms with E-state index in [2.05, 4.69) is 6.92 Å². The molecule has 2 heteroatoms. The minimum Gasteiger partial charge on any atom is -0.393 e. The van der Waals surface area contributed by atoms with Gasteiger partial charge < -0.3 is 9.84 Å². The molecule has 1 aliphatic heterocycles. The Morgan fingerprint density at radius 2 is 1.42 bits per heavy atom. The molecule has 0 spiro atoms. The van der Waals surface area contributed by atoms with Gasteiger partial charge in [0.05, 0.1) is 18.3 Å². The van der Waals surface area contributed by atoms with Crippen LogP contribution in [0.3, 0.4) is 0 Å². The standard InChI is InChI=1S/C17H28O2/c1-10-2-4-11(5-3-10)14-8-12-6-7-13(18)9-15(12)17-16(14)19-17/h10-18H,2-9H2,1H3. The zero-order valence-corrected chi connectivity index (χ0v) is 12.1. The summed E-state index contributed by atoms with van der Waals surface area (Å²) in [5, 5.41) is 9.87. The number of hydrogen-bond donors (Lipinski definition) is 1. The van der Waals surface area contributed by atoms with Crippen molar-refractivity contribution >= 4 is 0 Å². The molecule has 3 aliphatic carbocycles. The number of ether oxygens (including phenoxy) is 1. The second-order valence-electron chi connectivity index (χ2n) is 7.88. The van der Waals surface area contributed by atoms with E-state index in [1.54, 1.807) is 0 Å². The Kier molecular flexibility index (Phi) is 3.15. The minimum absolute atomic E-state index is 0.0434. The molecule has 0 aromatic heterocycles. The maximum Gasteiger partial charge on any atom is 0.0876 e. The molecule has 0 bridgehead atoms. The molecule has 1 N–H and O–H groups in total. The molecule has 1 heterocycles. The fraction of sp³-hybridized carbons (Fsp3) is 1.00. The van der Waals surface area contributed by atoms with Gasteiger partial charge in [-0.2, -0.15) is 0 Å². The van der Waals surface area contributed by atoms with E-state index in [0.717, 1.165) is 36.5 Å². The number of rotatable bonds is 1. The molecule has 2 nitrogen and oxygen atoms in total. The first-order valence-electron chi connectivity index (χ1n) is 8.56. The summed E-state index contributed by atoms with van der Waals surface area (Å²) >= 11 is 0. The summed E-state index contributed by atoms with van der Waals surface area (Å²) < 4.78 is 6.08. The highest BCUT2D eigenvalue weighted by Gasteiger charge is 2.58. The highest BCUT2D eigenvalue weighted by molar-refractivity contribution is 5.06. The molecular weight excluding hydrogens is 236 g/mol. The van der Waals surface area contributed by atoms with Crippen LogP contribution >= 0.6 is 0 Å². The summed E-state index contributed by atoms with van der Waals surface area (Å²) in [5.41, 5.74) is 0. The van der Waals surface area contributed by atoms with Crippen molar-refractivity contribution in [1.29, 1.82) is 0 Å². The zero-order valence-electron chi connectivity index (χ0n) is 12.1. The summed E-state index contributed by atoms with van der Waals surface area (Å²) in [7, 11) is 0. The molecule has 0 aromatic rings. The highest BCUT2D eigenvalue weighted by atomic mass is 16.6. The van der Waals surface area contributed by atoms with E-state index in [0.29, 0.717) is 18.1 Å². The number of aliphatic hydroxyl groups is 1. The molecule has 6 atom stereocenters. The van der Waals surface area contributed by atoms with E-state index < -0.39 is 0 Å². The van der Waals surface area contributed by atoms with E-state index in [-0.39, 0.29) is 6.10 Å². The van der Waals surface area contributed by atoms with Crippen molar-refractivity contribution in [2.24, 2.45) is 29.6 Å². The fourth-order valence-electron chi connectivity index (χ4n) is 5.42.